The second-order valence-electron chi connectivity index (χ2n) is 5.00. The van der Waals surface area contributed by atoms with Gasteiger partial charge < -0.3 is 15.9 Å². The van der Waals surface area contributed by atoms with Crippen LogP contribution in [0.3, 0.4) is 0 Å². The lowest BCUT2D eigenvalue weighted by atomic mass is 10.2. The molecular weight excluding hydrogens is 359 g/mol. The minimum Gasteiger partial charge on any atom is -0.497 e. The molecule has 0 aliphatic heterocycles. The number of nitrogens with two attached hydrogens (primary N) is 1. The third kappa shape index (κ3) is 4.78. The fourth-order valence-electron chi connectivity index (χ4n) is 1.84. The standard InChI is InChI=1S/C14H16F3N5O2S/c1-8(25-13-21-20-12(22(13)18)14(15,16)17)11(23)19-7-9-3-5-10(24-2)6-4-9/h3-6,8H,7,18H2,1-2H3,(H,19,23)/t8-/m0/s1. The van der Waals surface area contributed by atoms with Gasteiger partial charge in [0.25, 0.3) is 5.82 Å². The number of amides is 1. The van der Waals surface area contributed by atoms with Crippen LogP contribution in [0.15, 0.2) is 29.4 Å². The molecule has 2 aromatic rings. The second-order valence-corrected chi connectivity index (χ2v) is 6.31. The molecule has 0 saturated carbocycles. The molecule has 1 aromatic heterocycles. The second kappa shape index (κ2) is 7.64. The summed E-state index contributed by atoms with van der Waals surface area (Å²) in [4.78, 5) is 12.1. The molecule has 11 heteroatoms. The number of alkyl halides is 3. The topological polar surface area (TPSA) is 95.1 Å². The van der Waals surface area contributed by atoms with Crippen molar-refractivity contribution in [3.8, 4) is 5.75 Å². The van der Waals surface area contributed by atoms with Gasteiger partial charge in [0, 0.05) is 6.54 Å². The number of methoxy groups -OCH3 is 1. The van der Waals surface area contributed by atoms with Crippen molar-refractivity contribution in [2.24, 2.45) is 0 Å². The Morgan fingerprint density at radius 1 is 1.36 bits per heavy atom. The van der Waals surface area contributed by atoms with Crippen LogP contribution in [0.25, 0.3) is 0 Å². The number of rotatable bonds is 6. The SMILES string of the molecule is COc1ccc(CNC(=O)[C@H](C)Sc2nnc(C(F)(F)F)n2N)cc1. The normalized spacial score (nSPS) is 12.7. The van der Waals surface area contributed by atoms with Gasteiger partial charge >= 0.3 is 6.18 Å². The van der Waals surface area contributed by atoms with E-state index in [-0.39, 0.29) is 17.6 Å². The predicted octanol–water partition coefficient (Wildman–Crippen LogP) is 1.82. The number of carbonyl (C=O) groups excluding carboxylic acids is 1. The summed E-state index contributed by atoms with van der Waals surface area (Å²) in [6, 6.07) is 7.11. The van der Waals surface area contributed by atoms with Gasteiger partial charge in [0.2, 0.25) is 11.1 Å². The smallest absolute Gasteiger partial charge is 0.453 e. The Hall–Kier alpha value is -2.43. The molecule has 0 bridgehead atoms. The Kier molecular flexibility index (Phi) is 5.77. The number of hydrogen-bond acceptors (Lipinski definition) is 6. The zero-order valence-corrected chi connectivity index (χ0v) is 14.2. The monoisotopic (exact) mass is 375 g/mol. The molecule has 0 fully saturated rings. The molecule has 3 N–H and O–H groups in total. The number of hydrogen-bond donors (Lipinski definition) is 2. The molecule has 1 atom stereocenters. The largest absolute Gasteiger partial charge is 0.497 e. The van der Waals surface area contributed by atoms with Gasteiger partial charge in [0.05, 0.1) is 12.4 Å². The van der Waals surface area contributed by atoms with Crippen LogP contribution >= 0.6 is 11.8 Å². The lowest BCUT2D eigenvalue weighted by molar-refractivity contribution is -0.146. The number of thioether (sulfide) groups is 1. The van der Waals surface area contributed by atoms with Crippen molar-refractivity contribution >= 4 is 17.7 Å². The molecule has 0 aliphatic rings. The first-order chi connectivity index (χ1) is 11.7. The van der Waals surface area contributed by atoms with E-state index in [2.05, 4.69) is 15.5 Å². The minimum absolute atomic E-state index is 0.195. The van der Waals surface area contributed by atoms with Crippen LogP contribution in [0.1, 0.15) is 18.3 Å². The third-order valence-corrected chi connectivity index (χ3v) is 4.25. The Labute approximate surface area is 145 Å². The number of halogens is 3. The first-order valence-corrected chi connectivity index (χ1v) is 7.95. The molecule has 2 rings (SSSR count). The molecule has 1 aromatic carbocycles. The summed E-state index contributed by atoms with van der Waals surface area (Å²) in [5.41, 5.74) is 0.854. The number of carbonyl (C=O) groups is 1. The van der Waals surface area contributed by atoms with E-state index in [9.17, 15) is 18.0 Å². The van der Waals surface area contributed by atoms with Gasteiger partial charge in [-0.15, -0.1) is 10.2 Å². The van der Waals surface area contributed by atoms with E-state index in [1.807, 2.05) is 0 Å². The van der Waals surface area contributed by atoms with E-state index < -0.39 is 17.3 Å². The van der Waals surface area contributed by atoms with Crippen molar-refractivity contribution < 1.29 is 22.7 Å². The zero-order chi connectivity index (χ0) is 18.6. The van der Waals surface area contributed by atoms with E-state index in [0.29, 0.717) is 10.4 Å². The van der Waals surface area contributed by atoms with Gasteiger partial charge in [-0.3, -0.25) is 4.79 Å². The van der Waals surface area contributed by atoms with Crippen LogP contribution in [0.4, 0.5) is 13.2 Å². The van der Waals surface area contributed by atoms with Crippen molar-refractivity contribution in [2.45, 2.75) is 30.1 Å². The average Bonchev–Trinajstić information content (AvgIpc) is 2.94. The number of benzene rings is 1. The first kappa shape index (κ1) is 18.9. The number of nitrogens with one attached hydrogen (secondary N) is 1. The molecule has 0 spiro atoms. The van der Waals surface area contributed by atoms with Crippen LogP contribution in [0, 0.1) is 0 Å². The van der Waals surface area contributed by atoms with E-state index in [4.69, 9.17) is 10.6 Å². The Morgan fingerprint density at radius 2 is 2.00 bits per heavy atom. The van der Waals surface area contributed by atoms with Gasteiger partial charge in [0.1, 0.15) is 5.75 Å². The number of nitrogens with zero attached hydrogens (tertiary/aromatic N) is 3. The highest BCUT2D eigenvalue weighted by Gasteiger charge is 2.38. The maximum atomic E-state index is 12.6. The molecule has 1 heterocycles. The minimum atomic E-state index is -4.71. The van der Waals surface area contributed by atoms with Crippen molar-refractivity contribution in [2.75, 3.05) is 13.0 Å². The van der Waals surface area contributed by atoms with Gasteiger partial charge in [0.15, 0.2) is 0 Å². The summed E-state index contributed by atoms with van der Waals surface area (Å²) in [5.74, 6) is 4.35. The molecule has 7 nitrogen and oxygen atoms in total. The molecule has 0 aliphatic carbocycles. The molecule has 0 saturated heterocycles. The summed E-state index contributed by atoms with van der Waals surface area (Å²) in [6.07, 6.45) is -4.71. The Balaban J connectivity index is 1.93. The van der Waals surface area contributed by atoms with Crippen molar-refractivity contribution in [3.05, 3.63) is 35.7 Å². The summed E-state index contributed by atoms with van der Waals surface area (Å²) < 4.78 is 43.2. The van der Waals surface area contributed by atoms with Crippen LogP contribution in [-0.2, 0) is 17.5 Å². The van der Waals surface area contributed by atoms with Crippen LogP contribution in [0.2, 0.25) is 0 Å². The van der Waals surface area contributed by atoms with Crippen molar-refractivity contribution in [1.82, 2.24) is 20.2 Å². The van der Waals surface area contributed by atoms with Gasteiger partial charge in [-0.2, -0.15) is 13.2 Å². The lowest BCUT2D eigenvalue weighted by Crippen LogP contribution is -2.31. The summed E-state index contributed by atoms with van der Waals surface area (Å²) >= 11 is 0.789. The number of aromatic nitrogens is 3. The van der Waals surface area contributed by atoms with E-state index in [0.717, 1.165) is 17.3 Å². The van der Waals surface area contributed by atoms with Crippen molar-refractivity contribution in [1.29, 1.82) is 0 Å². The maximum absolute atomic E-state index is 12.6. The van der Waals surface area contributed by atoms with E-state index in [1.54, 1.807) is 31.4 Å². The van der Waals surface area contributed by atoms with E-state index in [1.165, 1.54) is 6.92 Å². The van der Waals surface area contributed by atoms with Gasteiger partial charge in [-0.05, 0) is 24.6 Å². The highest BCUT2D eigenvalue weighted by molar-refractivity contribution is 8.00. The quantitative estimate of drug-likeness (QED) is 0.591. The average molecular weight is 375 g/mol. The summed E-state index contributed by atoms with van der Waals surface area (Å²) in [7, 11) is 1.55. The third-order valence-electron chi connectivity index (χ3n) is 3.20. The van der Waals surface area contributed by atoms with Crippen LogP contribution < -0.4 is 15.9 Å². The molecular formula is C14H16F3N5O2S. The predicted molar refractivity (Wildman–Crippen MR) is 85.3 cm³/mol. The Morgan fingerprint density at radius 3 is 2.52 bits per heavy atom. The van der Waals surface area contributed by atoms with Gasteiger partial charge in [-0.1, -0.05) is 23.9 Å². The highest BCUT2D eigenvalue weighted by atomic mass is 32.2. The number of nitrogen functional groups attached to an aromatic ring is 1. The highest BCUT2D eigenvalue weighted by Crippen LogP contribution is 2.30. The van der Waals surface area contributed by atoms with Crippen LogP contribution in [0.5, 0.6) is 5.75 Å². The zero-order valence-electron chi connectivity index (χ0n) is 13.4. The first-order valence-electron chi connectivity index (χ1n) is 7.07. The summed E-state index contributed by atoms with van der Waals surface area (Å²) in [5, 5.41) is 8.18. The fourth-order valence-corrected chi connectivity index (χ4v) is 2.63. The lowest BCUT2D eigenvalue weighted by Gasteiger charge is -2.12. The molecule has 25 heavy (non-hydrogen) atoms. The molecule has 136 valence electrons. The molecule has 1 amide bonds. The fraction of sp³-hybridized carbons (Fsp3) is 0.357. The van der Waals surface area contributed by atoms with Gasteiger partial charge in [-0.25, -0.2) is 4.68 Å². The molecule has 0 radical (unpaired) electrons. The Bertz CT molecular complexity index is 733. The van der Waals surface area contributed by atoms with Crippen LogP contribution in [-0.4, -0.2) is 33.1 Å². The maximum Gasteiger partial charge on any atom is 0.453 e. The van der Waals surface area contributed by atoms with Crippen molar-refractivity contribution in [3.63, 3.8) is 0 Å². The summed E-state index contributed by atoms with van der Waals surface area (Å²) in [6.45, 7) is 1.81. The molecule has 0 unspecified atom stereocenters. The van der Waals surface area contributed by atoms with E-state index >= 15 is 0 Å². The number of ether oxygens (including phenoxy) is 1.